The zero-order chi connectivity index (χ0) is 109. The number of carbonyl (C=O) groups excluding carboxylic acids is 10. The van der Waals surface area contributed by atoms with Crippen LogP contribution in [-0.4, -0.2) is 268 Å². The van der Waals surface area contributed by atoms with Crippen LogP contribution in [0, 0.1) is 24.2 Å². The number of aliphatic hydroxyl groups is 2. The number of ether oxygens (including phenoxy) is 5. The average molecular weight is 2080 g/mol. The number of rotatable bonds is 48. The Kier molecular flexibility index (Phi) is 69.4. The lowest BCUT2D eigenvalue weighted by molar-refractivity contribution is -0.145. The highest BCUT2D eigenvalue weighted by Crippen LogP contribution is 2.35. The number of aromatic nitrogens is 6. The minimum absolute atomic E-state index is 0.0200. The first kappa shape index (κ1) is 133. The highest BCUT2D eigenvalue weighted by atomic mass is 35.5. The fourth-order valence-electron chi connectivity index (χ4n) is 10.9. The van der Waals surface area contributed by atoms with E-state index in [-0.39, 0.29) is 100 Å². The smallest absolute Gasteiger partial charge is 0.408 e. The average Bonchev–Trinajstić information content (AvgIpc) is 1.81. The second-order valence-corrected chi connectivity index (χ2v) is 37.9. The van der Waals surface area contributed by atoms with E-state index in [0.29, 0.717) is 116 Å². The van der Waals surface area contributed by atoms with Crippen LogP contribution in [0.4, 0.5) is 28.8 Å². The summed E-state index contributed by atoms with van der Waals surface area (Å²) in [5.74, 6) is -2.01. The van der Waals surface area contributed by atoms with Crippen molar-refractivity contribution in [3.05, 3.63) is 86.0 Å². The topological polar surface area (TPSA) is 701 Å². The van der Waals surface area contributed by atoms with E-state index in [9.17, 15) is 61.2 Å². The largest absolute Gasteiger partial charge is 0.480 e. The van der Waals surface area contributed by atoms with E-state index in [0.717, 1.165) is 89.2 Å². The number of Topliss-reactive ketones (excluding diaryl/α,β-unsaturated/α-hetero) is 1. The molecular weight excluding hydrogens is 1930 g/mol. The first-order valence-electron chi connectivity index (χ1n) is 47.1. The number of carbonyl (C=O) groups is 11. The number of methoxy groups -OCH3 is 3. The molecule has 0 bridgehead atoms. The fraction of sp³-hybridized carbons (Fsp3) is 0.703. The lowest BCUT2D eigenvalue weighted by atomic mass is 10.0. The zero-order valence-corrected chi connectivity index (χ0v) is 88.5. The summed E-state index contributed by atoms with van der Waals surface area (Å²) in [6.45, 7) is 31.5. The summed E-state index contributed by atoms with van der Waals surface area (Å²) in [5.41, 5.74) is 14.8. The number of hydrogen-bond acceptors (Lipinski definition) is 38. The minimum Gasteiger partial charge on any atom is -0.480 e. The van der Waals surface area contributed by atoms with Crippen molar-refractivity contribution in [1.29, 1.82) is 5.26 Å². The summed E-state index contributed by atoms with van der Waals surface area (Å²) in [6, 6.07) is 5.07. The minimum atomic E-state index is -3.64. The summed E-state index contributed by atoms with van der Waals surface area (Å²) >= 11 is 9.53. The normalized spacial score (nSPS) is 14.3. The number of benzene rings is 1. The fourth-order valence-corrected chi connectivity index (χ4v) is 11.9. The predicted molar refractivity (Wildman–Crippen MR) is 534 cm³/mol. The van der Waals surface area contributed by atoms with E-state index in [4.69, 9.17) is 84.1 Å². The highest BCUT2D eigenvalue weighted by molar-refractivity contribution is 7.86. The number of carboxylic acid groups (broad SMARTS) is 1. The SMILES string of the molecule is CC#N.CC(=O)CCCO.CC1(CCCN)N=N1.CC1(CCCNC(=O)NCCCC[C@H](N)C(=O)O)N=N1.CC1(CCCO)N=N1.COC(=O)[C@@H](C)CCCCN.COC(=O)[C@H](CCCCNC(=O)NCCCC1(C)N=N1)NC(=O)OC(C)(C)C.COC(=O)[C@H](CCCCNC(=O)n1ccnc1)NC(=O)OC(C)(C)C.Cc1ccc(S(=O)(=O)OCCCC2(C)N=N2)cc1.ClCCl.O=C(n1ccnc1)n1ccnc1. The monoisotopic (exact) mass is 2080 g/mol. The summed E-state index contributed by atoms with van der Waals surface area (Å²) in [5, 5.41) is 90.0. The van der Waals surface area contributed by atoms with Crippen LogP contribution in [0.15, 0.2) is 136 Å². The summed E-state index contributed by atoms with van der Waals surface area (Å²) in [4.78, 5) is 136. The Morgan fingerprint density at radius 3 is 1.15 bits per heavy atom. The number of halogens is 2. The molecule has 4 atom stereocenters. The van der Waals surface area contributed by atoms with Gasteiger partial charge in [0.2, 0.25) is 0 Å². The Labute approximate surface area is 849 Å². The van der Waals surface area contributed by atoms with Crippen LogP contribution in [0.25, 0.3) is 0 Å². The number of amides is 7. The molecule has 808 valence electrons. The van der Waals surface area contributed by atoms with E-state index in [1.807, 2.05) is 48.5 Å². The molecule has 3 aromatic heterocycles. The molecule has 0 saturated heterocycles. The number of aliphatic hydroxyl groups excluding tert-OH is 2. The Balaban J connectivity index is 0. The maximum atomic E-state index is 11.8. The number of unbranched alkanes of at least 4 members (excludes halogenated alkanes) is 4. The van der Waals surface area contributed by atoms with Gasteiger partial charge in [0.15, 0.2) is 28.3 Å². The molecule has 5 aliphatic rings. The third-order valence-corrected chi connectivity index (χ3v) is 20.6. The molecule has 0 unspecified atom stereocenters. The van der Waals surface area contributed by atoms with Crippen LogP contribution in [0.3, 0.4) is 0 Å². The molecule has 16 N–H and O–H groups in total. The number of aryl methyl sites for hydroxylation is 1. The second kappa shape index (κ2) is 74.3. The first-order chi connectivity index (χ1) is 67.3. The van der Waals surface area contributed by atoms with Crippen molar-refractivity contribution in [2.75, 3.05) is 92.3 Å². The number of urea groups is 2. The van der Waals surface area contributed by atoms with Crippen molar-refractivity contribution in [2.45, 2.75) is 320 Å². The van der Waals surface area contributed by atoms with Crippen molar-refractivity contribution in [3.63, 3.8) is 0 Å². The number of imidazole rings is 3. The van der Waals surface area contributed by atoms with E-state index < -0.39 is 69.5 Å². The van der Waals surface area contributed by atoms with Crippen LogP contribution >= 0.6 is 23.2 Å². The van der Waals surface area contributed by atoms with E-state index in [1.54, 1.807) is 103 Å². The van der Waals surface area contributed by atoms with Gasteiger partial charge in [-0.25, -0.2) is 53.3 Å². The molecule has 7 amide bonds. The number of alkyl halides is 2. The molecule has 8 heterocycles. The molecule has 0 radical (unpaired) electrons. The third kappa shape index (κ3) is 74.0. The van der Waals surface area contributed by atoms with Crippen LogP contribution < -0.4 is 54.4 Å². The number of aliphatic carboxylic acids is 1. The maximum Gasteiger partial charge on any atom is 0.408 e. The molecule has 4 aromatic rings. The maximum absolute atomic E-state index is 11.8. The molecule has 49 nitrogen and oxygen atoms in total. The quantitative estimate of drug-likeness (QED) is 0.00642. The van der Waals surface area contributed by atoms with Gasteiger partial charge in [-0.2, -0.15) is 64.8 Å². The van der Waals surface area contributed by atoms with Crippen molar-refractivity contribution >= 4 is 99.3 Å². The van der Waals surface area contributed by atoms with E-state index in [2.05, 4.69) is 108 Å². The summed E-state index contributed by atoms with van der Waals surface area (Å²) < 4.78 is 57.0. The Morgan fingerprint density at radius 1 is 0.497 bits per heavy atom. The van der Waals surface area contributed by atoms with Gasteiger partial charge >= 0.3 is 60.2 Å². The molecule has 1 aromatic carbocycles. The number of nitriles is 1. The number of carboxylic acids is 1. The lowest BCUT2D eigenvalue weighted by Crippen LogP contribution is -2.44. The van der Waals surface area contributed by atoms with E-state index in [1.165, 1.54) is 74.1 Å². The van der Waals surface area contributed by atoms with Gasteiger partial charge in [-0.05, 0) is 256 Å². The van der Waals surface area contributed by atoms with Crippen molar-refractivity contribution in [2.24, 2.45) is 74.3 Å². The van der Waals surface area contributed by atoms with Crippen LogP contribution in [0.5, 0.6) is 0 Å². The number of esters is 3. The third-order valence-electron chi connectivity index (χ3n) is 19.3. The van der Waals surface area contributed by atoms with Crippen molar-refractivity contribution < 1.29 is 104 Å². The number of nitrogens with two attached hydrogens (primary N) is 3. The molecule has 143 heavy (non-hydrogen) atoms. The van der Waals surface area contributed by atoms with Crippen LogP contribution in [-0.2, 0) is 62.0 Å². The number of nitrogens with zero attached hydrogens (tertiary/aromatic N) is 17. The highest BCUT2D eigenvalue weighted by Gasteiger charge is 2.37. The Hall–Kier alpha value is -11.6. The van der Waals surface area contributed by atoms with Gasteiger partial charge in [0.25, 0.3) is 10.1 Å². The number of alkyl carbamates (subject to hydrolysis) is 2. The molecule has 0 saturated carbocycles. The molecule has 0 spiro atoms. The van der Waals surface area contributed by atoms with Crippen molar-refractivity contribution in [3.8, 4) is 6.07 Å². The van der Waals surface area contributed by atoms with Gasteiger partial charge in [-0.1, -0.05) is 31.0 Å². The molecule has 5 aliphatic heterocycles. The summed E-state index contributed by atoms with van der Waals surface area (Å²) in [7, 11) is 0.312. The van der Waals surface area contributed by atoms with Gasteiger partial charge in [-0.3, -0.25) is 27.5 Å². The predicted octanol–water partition coefficient (Wildman–Crippen LogP) is 13.3. The van der Waals surface area contributed by atoms with Gasteiger partial charge in [0.1, 0.15) is 54.1 Å². The Morgan fingerprint density at radius 2 is 0.832 bits per heavy atom. The molecule has 0 aliphatic carbocycles. The van der Waals surface area contributed by atoms with E-state index >= 15 is 0 Å². The number of hydrogen-bond donors (Lipinski definition) is 13. The molecule has 9 rings (SSSR count). The van der Waals surface area contributed by atoms with Gasteiger partial charge < -0.3 is 98.2 Å². The van der Waals surface area contributed by atoms with Gasteiger partial charge in [0, 0.05) is 96.5 Å². The standard InChI is InChI=1S/C18H33N5O5.C16H26N4O5.C12H23N5O3.C12H16N2O3S.C8H17NO2.C7H6N4O.C5H11N3.C5H10N2O.C5H10O2.C2H3N.CH2Cl2/c1-17(2,3)28-16(26)21-13(14(24)27-5)9-6-7-11-19-15(25)20-12-8-10-18(4)22-23-18;1-16(2,3)25-15(23)19-12(13(21)24-4)7-5-6-8-18-14(22)20-10-9-17-11-20;1-12(16-17-12)6-4-8-15-11(20)14-7-3-2-5-9(13)10(18)19;1-10-4-6-11(7-5-10)18(15,16)17-9-3-8-12(2)13-14-12;1-7(8(10)11-2)5-3-4-6-9;12-7(10-3-1-8-5-10)11-4-2-9-6-11;1-5(7-8-5)3-2-4-6;1-5(6-7-5)3-2-4-8;1-5(7)3-2-4-6;1-2-3;2-1-3/h13H,6-12H2,1-5H3,(H,21,26)(H2,19,20,25);9-12H,5-8H2,1-4H3,(H,18,22)(H,19,23);9H,2-8,13H2,1H3,(H,18,19)(H2,14,15,20);4-7H,3,8-9H2,1-2H3;7H,3-6,9H2,1-2H3;1-6H;2-4,6H2,1H3;8H,2-4H2,1H3;6H,2-4H2,1H3;1H3;1H2/t13-;12-;9-;;7-;;;;;;/m000.0....../s1. The van der Waals surface area contributed by atoms with Gasteiger partial charge in [0.05, 0.1) is 50.2 Å². The Bertz CT molecular complexity index is 4500. The summed E-state index contributed by atoms with van der Waals surface area (Å²) in [6.07, 6.45) is 29.8. The molecular formula is C91H157Cl2N27O22S. The number of nitrogens with one attached hydrogen (secondary N) is 7. The van der Waals surface area contributed by atoms with Crippen LogP contribution in [0.2, 0.25) is 0 Å². The zero-order valence-electron chi connectivity index (χ0n) is 86.2. The van der Waals surface area contributed by atoms with Crippen molar-refractivity contribution in [1.82, 2.24) is 65.9 Å². The van der Waals surface area contributed by atoms with Gasteiger partial charge in [-0.15, -0.1) is 23.2 Å². The lowest BCUT2D eigenvalue weighted by Gasteiger charge is -2.22. The number of ketones is 1. The molecule has 0 fully saturated rings. The molecule has 52 heteroatoms. The second-order valence-electron chi connectivity index (χ2n) is 35.4. The first-order valence-corrected chi connectivity index (χ1v) is 49.5. The van der Waals surface area contributed by atoms with Crippen LogP contribution in [0.1, 0.15) is 257 Å².